The van der Waals surface area contributed by atoms with Crippen LogP contribution in [0.15, 0.2) is 64.9 Å². The monoisotopic (exact) mass is 516 g/mol. The lowest BCUT2D eigenvalue weighted by molar-refractivity contribution is -0.135. The van der Waals surface area contributed by atoms with Crippen LogP contribution < -0.4 is 4.74 Å². The van der Waals surface area contributed by atoms with Crippen LogP contribution >= 0.6 is 11.3 Å². The lowest BCUT2D eigenvalue weighted by Gasteiger charge is -2.37. The molecule has 0 spiro atoms. The summed E-state index contributed by atoms with van der Waals surface area (Å²) in [5, 5.41) is 1.97. The molecule has 1 amide bonds. The van der Waals surface area contributed by atoms with E-state index in [1.54, 1.807) is 58.7 Å². The van der Waals surface area contributed by atoms with Crippen LogP contribution in [0, 0.1) is 12.7 Å². The first-order chi connectivity index (χ1) is 16.8. The molecule has 4 rings (SSSR count). The number of fused-ring (bicyclic) bond motifs is 1. The van der Waals surface area contributed by atoms with Gasteiger partial charge >= 0.3 is 0 Å². The molecule has 0 saturated heterocycles. The third-order valence-electron chi connectivity index (χ3n) is 6.09. The van der Waals surface area contributed by atoms with Crippen molar-refractivity contribution in [1.29, 1.82) is 0 Å². The number of nitrogens with zero attached hydrogens (tertiary/aromatic N) is 2. The van der Waals surface area contributed by atoms with Crippen LogP contribution in [0.2, 0.25) is 0 Å². The molecule has 0 N–H and O–H groups in total. The first-order valence-corrected chi connectivity index (χ1v) is 13.9. The van der Waals surface area contributed by atoms with Crippen molar-refractivity contribution in [1.82, 2.24) is 9.21 Å². The van der Waals surface area contributed by atoms with Crippen molar-refractivity contribution in [3.05, 3.63) is 81.8 Å². The lowest BCUT2D eigenvalue weighted by atomic mass is 10.0. The van der Waals surface area contributed by atoms with Crippen molar-refractivity contribution in [3.63, 3.8) is 0 Å². The number of sulfonamides is 1. The van der Waals surface area contributed by atoms with Gasteiger partial charge in [0.05, 0.1) is 17.5 Å². The number of aryl methyl sites for hydroxylation is 1. The maximum Gasteiger partial charge on any atom is 0.243 e. The molecule has 0 bridgehead atoms. The predicted molar refractivity (Wildman–Crippen MR) is 135 cm³/mol. The molecule has 3 aromatic rings. The molecular formula is C26H29FN2O4S2. The lowest BCUT2D eigenvalue weighted by Crippen LogP contribution is -2.48. The van der Waals surface area contributed by atoms with Crippen LogP contribution in [0.25, 0.3) is 0 Å². The van der Waals surface area contributed by atoms with E-state index in [2.05, 4.69) is 0 Å². The zero-order valence-electron chi connectivity index (χ0n) is 19.8. The summed E-state index contributed by atoms with van der Waals surface area (Å²) >= 11 is 1.62. The summed E-state index contributed by atoms with van der Waals surface area (Å²) in [5.74, 6) is -0.644. The van der Waals surface area contributed by atoms with E-state index in [0.717, 1.165) is 16.0 Å². The molecule has 0 unspecified atom stereocenters. The van der Waals surface area contributed by atoms with Crippen molar-refractivity contribution >= 4 is 27.3 Å². The summed E-state index contributed by atoms with van der Waals surface area (Å²) in [5.41, 5.74) is 1.93. The number of benzene rings is 2. The number of carbonyl (C=O) groups is 1. The molecule has 2 aromatic carbocycles. The largest absolute Gasteiger partial charge is 0.488 e. The number of halogens is 1. The van der Waals surface area contributed by atoms with Crippen molar-refractivity contribution < 1.29 is 22.3 Å². The summed E-state index contributed by atoms with van der Waals surface area (Å²) < 4.78 is 47.8. The van der Waals surface area contributed by atoms with Gasteiger partial charge in [-0.05, 0) is 61.0 Å². The minimum absolute atomic E-state index is 0.0783. The van der Waals surface area contributed by atoms with E-state index >= 15 is 0 Å². The number of thiophene rings is 1. The maximum absolute atomic E-state index is 14.1. The Morgan fingerprint density at radius 2 is 1.91 bits per heavy atom. The van der Waals surface area contributed by atoms with Crippen LogP contribution in [0.4, 0.5) is 4.39 Å². The number of carbonyl (C=O) groups excluding carboxylic acids is 1. The molecule has 0 saturated carbocycles. The first-order valence-electron chi connectivity index (χ1n) is 11.6. The highest BCUT2D eigenvalue weighted by Gasteiger charge is 2.35. The highest BCUT2D eigenvalue weighted by molar-refractivity contribution is 7.89. The number of hydrogen-bond acceptors (Lipinski definition) is 5. The topological polar surface area (TPSA) is 66.9 Å². The number of amides is 1. The molecule has 0 fully saturated rings. The normalized spacial score (nSPS) is 15.8. The fourth-order valence-electron chi connectivity index (χ4n) is 4.24. The van der Waals surface area contributed by atoms with E-state index in [0.29, 0.717) is 19.4 Å². The van der Waals surface area contributed by atoms with Crippen molar-refractivity contribution in [2.45, 2.75) is 37.6 Å². The molecule has 1 aliphatic rings. The SMILES string of the molecule is CCCN(CC(=O)N1CCc2sccc2[C@H]1COc1ccccc1F)S(=O)(=O)c1ccc(C)cc1. The average molecular weight is 517 g/mol. The van der Waals surface area contributed by atoms with Gasteiger partial charge in [-0.15, -0.1) is 11.3 Å². The minimum Gasteiger partial charge on any atom is -0.488 e. The second-order valence-electron chi connectivity index (χ2n) is 8.55. The van der Waals surface area contributed by atoms with Gasteiger partial charge < -0.3 is 9.64 Å². The van der Waals surface area contributed by atoms with Crippen LogP contribution in [0.3, 0.4) is 0 Å². The summed E-state index contributed by atoms with van der Waals surface area (Å²) in [7, 11) is -3.83. The van der Waals surface area contributed by atoms with E-state index in [-0.39, 0.29) is 36.2 Å². The molecule has 6 nitrogen and oxygen atoms in total. The molecule has 0 radical (unpaired) electrons. The number of hydrogen-bond donors (Lipinski definition) is 0. The Morgan fingerprint density at radius 3 is 2.63 bits per heavy atom. The Labute approximate surface area is 210 Å². The Kier molecular flexibility index (Phi) is 7.88. The molecule has 35 heavy (non-hydrogen) atoms. The summed E-state index contributed by atoms with van der Waals surface area (Å²) in [6.07, 6.45) is 1.26. The Hall–Kier alpha value is -2.75. The van der Waals surface area contributed by atoms with E-state index in [1.165, 1.54) is 10.4 Å². The van der Waals surface area contributed by atoms with Crippen molar-refractivity contribution in [3.8, 4) is 5.75 Å². The maximum atomic E-state index is 14.1. The summed E-state index contributed by atoms with van der Waals surface area (Å²) in [6, 6.07) is 14.3. The number of ether oxygens (including phenoxy) is 1. The fourth-order valence-corrected chi connectivity index (χ4v) is 6.65. The average Bonchev–Trinajstić information content (AvgIpc) is 3.32. The third-order valence-corrected chi connectivity index (χ3v) is 8.95. The van der Waals surface area contributed by atoms with Gasteiger partial charge in [0.25, 0.3) is 0 Å². The quantitative estimate of drug-likeness (QED) is 0.410. The molecule has 0 aliphatic carbocycles. The zero-order valence-corrected chi connectivity index (χ0v) is 21.4. The predicted octanol–water partition coefficient (Wildman–Crippen LogP) is 4.80. The summed E-state index contributed by atoms with van der Waals surface area (Å²) in [6.45, 7) is 4.26. The third kappa shape index (κ3) is 5.58. The molecule has 9 heteroatoms. The highest BCUT2D eigenvalue weighted by Crippen LogP contribution is 2.34. The van der Waals surface area contributed by atoms with E-state index < -0.39 is 21.9 Å². The van der Waals surface area contributed by atoms with E-state index in [9.17, 15) is 17.6 Å². The van der Waals surface area contributed by atoms with Gasteiger partial charge in [-0.3, -0.25) is 4.79 Å². The van der Waals surface area contributed by atoms with E-state index in [1.807, 2.05) is 25.3 Å². The Morgan fingerprint density at radius 1 is 1.17 bits per heavy atom. The second-order valence-corrected chi connectivity index (χ2v) is 11.5. The molecular weight excluding hydrogens is 487 g/mol. The molecule has 1 atom stereocenters. The fraction of sp³-hybridized carbons (Fsp3) is 0.346. The smallest absolute Gasteiger partial charge is 0.243 e. The Bertz CT molecular complexity index is 1270. The summed E-state index contributed by atoms with van der Waals surface area (Å²) in [4.78, 5) is 16.5. The molecule has 186 valence electrons. The van der Waals surface area contributed by atoms with Gasteiger partial charge in [0.2, 0.25) is 15.9 Å². The van der Waals surface area contributed by atoms with Crippen LogP contribution in [0.5, 0.6) is 5.75 Å². The van der Waals surface area contributed by atoms with Crippen molar-refractivity contribution in [2.24, 2.45) is 0 Å². The van der Waals surface area contributed by atoms with Gasteiger partial charge in [-0.2, -0.15) is 4.31 Å². The van der Waals surface area contributed by atoms with Gasteiger partial charge in [-0.1, -0.05) is 36.8 Å². The van der Waals surface area contributed by atoms with Gasteiger partial charge in [-0.25, -0.2) is 12.8 Å². The number of para-hydroxylation sites is 1. The standard InChI is InChI=1S/C26H29FN2O4S2/c1-3-14-28(35(31,32)20-10-8-19(2)9-11-20)17-26(30)29-15-12-25-21(13-16-34-25)23(29)18-33-24-7-5-4-6-22(24)27/h4-11,13,16,23H,3,12,14-15,17-18H2,1-2H3/t23-/m1/s1. The molecule has 1 aliphatic heterocycles. The Balaban J connectivity index is 1.56. The van der Waals surface area contributed by atoms with Crippen LogP contribution in [-0.2, 0) is 21.2 Å². The highest BCUT2D eigenvalue weighted by atomic mass is 32.2. The van der Waals surface area contributed by atoms with Gasteiger partial charge in [0.1, 0.15) is 6.61 Å². The molecule has 1 aromatic heterocycles. The first kappa shape index (κ1) is 25.3. The van der Waals surface area contributed by atoms with Gasteiger partial charge in [0.15, 0.2) is 11.6 Å². The number of rotatable bonds is 9. The minimum atomic E-state index is -3.83. The zero-order chi connectivity index (χ0) is 25.0. The van der Waals surface area contributed by atoms with Gasteiger partial charge in [0, 0.05) is 18.0 Å². The van der Waals surface area contributed by atoms with E-state index in [4.69, 9.17) is 4.74 Å². The second kappa shape index (κ2) is 10.9. The van der Waals surface area contributed by atoms with Crippen LogP contribution in [-0.4, -0.2) is 49.8 Å². The molecule has 2 heterocycles. The van der Waals surface area contributed by atoms with Crippen molar-refractivity contribution in [2.75, 3.05) is 26.2 Å². The van der Waals surface area contributed by atoms with Crippen LogP contribution in [0.1, 0.15) is 35.4 Å².